The quantitative estimate of drug-likeness (QED) is 0.554. The van der Waals surface area contributed by atoms with E-state index in [9.17, 15) is 4.39 Å². The highest BCUT2D eigenvalue weighted by molar-refractivity contribution is 5.85. The van der Waals surface area contributed by atoms with Crippen LogP contribution < -0.4 is 10.5 Å². The van der Waals surface area contributed by atoms with Crippen LogP contribution in [0.4, 0.5) is 4.39 Å². The molecule has 2 N–H and O–H groups in total. The molecule has 3 heterocycles. The van der Waals surface area contributed by atoms with E-state index >= 15 is 0 Å². The number of nitrogens with zero attached hydrogens (tertiary/aromatic N) is 4. The summed E-state index contributed by atoms with van der Waals surface area (Å²) in [6.07, 6.45) is 5.23. The molecule has 0 bridgehead atoms. The van der Waals surface area contributed by atoms with Crippen molar-refractivity contribution >= 4 is 23.3 Å². The average Bonchev–Trinajstić information content (AvgIpc) is 3.12. The second-order valence-corrected chi connectivity index (χ2v) is 6.13. The molecule has 144 valence electrons. The number of hydrogen-bond acceptors (Lipinski definition) is 5. The summed E-state index contributed by atoms with van der Waals surface area (Å²) < 4.78 is 21.0. The van der Waals surface area contributed by atoms with E-state index in [0.29, 0.717) is 11.4 Å². The molecule has 0 spiro atoms. The summed E-state index contributed by atoms with van der Waals surface area (Å²) in [7, 11) is 1.63. The van der Waals surface area contributed by atoms with Gasteiger partial charge in [0.25, 0.3) is 0 Å². The van der Waals surface area contributed by atoms with Crippen LogP contribution in [0.1, 0.15) is 17.4 Å². The molecule has 4 rings (SSSR count). The van der Waals surface area contributed by atoms with Gasteiger partial charge in [-0.1, -0.05) is 0 Å². The third-order valence-corrected chi connectivity index (χ3v) is 4.42. The first-order valence-corrected chi connectivity index (χ1v) is 8.49. The Morgan fingerprint density at radius 2 is 1.93 bits per heavy atom. The molecule has 6 nitrogen and oxygen atoms in total. The molecule has 1 aromatic carbocycles. The number of rotatable bonds is 5. The van der Waals surface area contributed by atoms with E-state index in [0.717, 1.165) is 22.3 Å². The Morgan fingerprint density at radius 3 is 2.71 bits per heavy atom. The smallest absolute Gasteiger partial charge is 0.144 e. The fourth-order valence-electron chi connectivity index (χ4n) is 3.08. The molecule has 28 heavy (non-hydrogen) atoms. The van der Waals surface area contributed by atoms with Gasteiger partial charge >= 0.3 is 0 Å². The molecule has 1 atom stereocenters. The van der Waals surface area contributed by atoms with Crippen LogP contribution in [0, 0.1) is 5.82 Å². The van der Waals surface area contributed by atoms with E-state index in [2.05, 4.69) is 15.1 Å². The lowest BCUT2D eigenvalue weighted by Crippen LogP contribution is -2.19. The Balaban J connectivity index is 0.00000225. The molecule has 0 aliphatic carbocycles. The number of benzene rings is 1. The molecular formula is C20H19ClFN5O. The molecule has 0 aliphatic rings. The van der Waals surface area contributed by atoms with Crippen molar-refractivity contribution in [2.75, 3.05) is 7.11 Å². The zero-order valence-corrected chi connectivity index (χ0v) is 15.9. The number of halogens is 2. The summed E-state index contributed by atoms with van der Waals surface area (Å²) >= 11 is 0. The number of nitrogens with two attached hydrogens (primary N) is 1. The second-order valence-electron chi connectivity index (χ2n) is 6.13. The van der Waals surface area contributed by atoms with Crippen molar-refractivity contribution in [3.63, 3.8) is 0 Å². The Labute approximate surface area is 167 Å². The van der Waals surface area contributed by atoms with Gasteiger partial charge in [0.1, 0.15) is 11.6 Å². The van der Waals surface area contributed by atoms with Crippen molar-refractivity contribution in [3.05, 3.63) is 78.3 Å². The van der Waals surface area contributed by atoms with E-state index in [1.165, 1.54) is 6.07 Å². The van der Waals surface area contributed by atoms with Gasteiger partial charge in [0.2, 0.25) is 0 Å². The van der Waals surface area contributed by atoms with Crippen LogP contribution >= 0.6 is 12.4 Å². The van der Waals surface area contributed by atoms with E-state index in [4.69, 9.17) is 10.5 Å². The number of pyridine rings is 2. The number of methoxy groups -OCH3 is 1. The highest BCUT2D eigenvalue weighted by Gasteiger charge is 2.18. The maximum Gasteiger partial charge on any atom is 0.144 e. The molecule has 0 saturated heterocycles. The Hall–Kier alpha value is -3.03. The minimum absolute atomic E-state index is 0. The number of fused-ring (bicyclic) bond motifs is 1. The minimum atomic E-state index is -0.525. The summed E-state index contributed by atoms with van der Waals surface area (Å²) in [4.78, 5) is 8.53. The summed E-state index contributed by atoms with van der Waals surface area (Å²) in [6.45, 7) is 0. The first-order chi connectivity index (χ1) is 13.2. The number of ether oxygens (including phenoxy) is 1. The normalized spacial score (nSPS) is 11.8. The fraction of sp³-hybridized carbons (Fsp3) is 0.150. The molecule has 0 aliphatic heterocycles. The van der Waals surface area contributed by atoms with Gasteiger partial charge in [0.05, 0.1) is 41.9 Å². The Bertz CT molecular complexity index is 1100. The Kier molecular flexibility index (Phi) is 5.87. The highest BCUT2D eigenvalue weighted by Crippen LogP contribution is 2.26. The van der Waals surface area contributed by atoms with Crippen LogP contribution in [0.3, 0.4) is 0 Å². The van der Waals surface area contributed by atoms with E-state index in [-0.39, 0.29) is 24.6 Å². The van der Waals surface area contributed by atoms with Gasteiger partial charge in [0, 0.05) is 24.2 Å². The monoisotopic (exact) mass is 399 g/mol. The summed E-state index contributed by atoms with van der Waals surface area (Å²) in [5.41, 5.74) is 8.96. The van der Waals surface area contributed by atoms with Crippen molar-refractivity contribution in [1.29, 1.82) is 0 Å². The van der Waals surface area contributed by atoms with E-state index < -0.39 is 6.04 Å². The van der Waals surface area contributed by atoms with Crippen LogP contribution in [0.25, 0.3) is 16.6 Å². The lowest BCUT2D eigenvalue weighted by atomic mass is 10.1. The average molecular weight is 400 g/mol. The van der Waals surface area contributed by atoms with Crippen molar-refractivity contribution in [3.8, 4) is 11.4 Å². The SMILES string of the molecule is COc1ccc2c(cnn2-c2cccnc2C(N)Cc2ncccc2F)c1.Cl. The maximum atomic E-state index is 14.0. The standard InChI is InChI=1S/C20H18FN5O.ClH/c1-27-14-6-7-18-13(10-14)12-25-26(18)19-5-3-9-24-20(19)16(22)11-17-15(21)4-2-8-23-17;/h2-10,12,16H,11,22H2,1H3;1H. The number of hydrogen-bond donors (Lipinski definition) is 1. The first kappa shape index (κ1) is 19.7. The predicted molar refractivity (Wildman–Crippen MR) is 107 cm³/mol. The predicted octanol–water partition coefficient (Wildman–Crippen LogP) is 3.63. The topological polar surface area (TPSA) is 78.8 Å². The van der Waals surface area contributed by atoms with Gasteiger partial charge in [-0.25, -0.2) is 9.07 Å². The third-order valence-electron chi connectivity index (χ3n) is 4.42. The molecule has 4 aromatic rings. The van der Waals surface area contributed by atoms with Crippen molar-refractivity contribution < 1.29 is 9.13 Å². The lowest BCUT2D eigenvalue weighted by molar-refractivity contribution is 0.415. The lowest BCUT2D eigenvalue weighted by Gasteiger charge is -2.16. The van der Waals surface area contributed by atoms with E-state index in [1.54, 1.807) is 36.4 Å². The largest absolute Gasteiger partial charge is 0.497 e. The molecule has 0 saturated carbocycles. The third kappa shape index (κ3) is 3.67. The second kappa shape index (κ2) is 8.33. The van der Waals surface area contributed by atoms with Crippen molar-refractivity contribution in [2.45, 2.75) is 12.5 Å². The molecule has 0 fully saturated rings. The fourth-order valence-corrected chi connectivity index (χ4v) is 3.08. The molecule has 0 radical (unpaired) electrons. The van der Waals surface area contributed by atoms with Gasteiger partial charge in [0.15, 0.2) is 0 Å². The molecule has 8 heteroatoms. The van der Waals surface area contributed by atoms with Gasteiger partial charge in [-0.3, -0.25) is 9.97 Å². The number of aromatic nitrogens is 4. The summed E-state index contributed by atoms with van der Waals surface area (Å²) in [6, 6.07) is 11.9. The van der Waals surface area contributed by atoms with Gasteiger partial charge in [-0.05, 0) is 42.5 Å². The van der Waals surface area contributed by atoms with Crippen LogP contribution in [0.5, 0.6) is 5.75 Å². The molecule has 0 amide bonds. The molecule has 1 unspecified atom stereocenters. The maximum absolute atomic E-state index is 14.0. The van der Waals surface area contributed by atoms with Crippen molar-refractivity contribution in [2.24, 2.45) is 5.73 Å². The zero-order chi connectivity index (χ0) is 18.8. The zero-order valence-electron chi connectivity index (χ0n) is 15.1. The van der Waals surface area contributed by atoms with E-state index in [1.807, 2.05) is 30.3 Å². The van der Waals surface area contributed by atoms with Crippen molar-refractivity contribution in [1.82, 2.24) is 19.7 Å². The molecule has 3 aromatic heterocycles. The Morgan fingerprint density at radius 1 is 1.14 bits per heavy atom. The van der Waals surface area contributed by atoms with Crippen LogP contribution in [-0.2, 0) is 6.42 Å². The van der Waals surface area contributed by atoms with Gasteiger partial charge in [-0.15, -0.1) is 12.4 Å². The van der Waals surface area contributed by atoms with Crippen LogP contribution in [0.15, 0.2) is 61.1 Å². The first-order valence-electron chi connectivity index (χ1n) is 8.49. The van der Waals surface area contributed by atoms with Gasteiger partial charge in [-0.2, -0.15) is 5.10 Å². The van der Waals surface area contributed by atoms with Crippen LogP contribution in [-0.4, -0.2) is 26.9 Å². The highest BCUT2D eigenvalue weighted by atomic mass is 35.5. The van der Waals surface area contributed by atoms with Crippen LogP contribution in [0.2, 0.25) is 0 Å². The summed E-state index contributed by atoms with van der Waals surface area (Å²) in [5.74, 6) is 0.387. The minimum Gasteiger partial charge on any atom is -0.497 e. The summed E-state index contributed by atoms with van der Waals surface area (Å²) in [5, 5.41) is 5.42. The molecular weight excluding hydrogens is 381 g/mol. The van der Waals surface area contributed by atoms with Gasteiger partial charge < -0.3 is 10.5 Å².